The standard InChI is InChI=1S/C11H5BrClF2NO/c12-8-2-1-7(14)4-10(8)17-11-9(15)3-6(13)5-16-11/h1-5H. The van der Waals surface area contributed by atoms with E-state index in [0.717, 1.165) is 12.1 Å². The molecule has 2 nitrogen and oxygen atoms in total. The number of benzene rings is 1. The predicted molar refractivity (Wildman–Crippen MR) is 63.4 cm³/mol. The van der Waals surface area contributed by atoms with Gasteiger partial charge in [-0.1, -0.05) is 11.6 Å². The van der Waals surface area contributed by atoms with Crippen LogP contribution in [-0.2, 0) is 0 Å². The number of halogens is 4. The van der Waals surface area contributed by atoms with Gasteiger partial charge in [0, 0.05) is 12.3 Å². The van der Waals surface area contributed by atoms with E-state index < -0.39 is 11.6 Å². The Morgan fingerprint density at radius 3 is 2.71 bits per heavy atom. The maximum Gasteiger partial charge on any atom is 0.256 e. The molecule has 0 unspecified atom stereocenters. The fourth-order valence-corrected chi connectivity index (χ4v) is 1.61. The molecule has 0 radical (unpaired) electrons. The lowest BCUT2D eigenvalue weighted by molar-refractivity contribution is 0.417. The average molecular weight is 321 g/mol. The summed E-state index contributed by atoms with van der Waals surface area (Å²) >= 11 is 8.71. The smallest absolute Gasteiger partial charge is 0.256 e. The molecule has 1 aromatic heterocycles. The number of rotatable bonds is 2. The van der Waals surface area contributed by atoms with Gasteiger partial charge in [0.2, 0.25) is 0 Å². The molecular weight excluding hydrogens is 315 g/mol. The Balaban J connectivity index is 2.34. The summed E-state index contributed by atoms with van der Waals surface area (Å²) in [4.78, 5) is 3.67. The van der Waals surface area contributed by atoms with Crippen LogP contribution in [0.15, 0.2) is 34.9 Å². The van der Waals surface area contributed by atoms with Gasteiger partial charge in [-0.05, 0) is 34.1 Å². The first-order valence-corrected chi connectivity index (χ1v) is 5.67. The van der Waals surface area contributed by atoms with Crippen LogP contribution in [-0.4, -0.2) is 4.98 Å². The van der Waals surface area contributed by atoms with Crippen molar-refractivity contribution in [3.8, 4) is 11.6 Å². The minimum absolute atomic E-state index is 0.138. The van der Waals surface area contributed by atoms with Crippen LogP contribution in [0.5, 0.6) is 11.6 Å². The van der Waals surface area contributed by atoms with Gasteiger partial charge in [-0.3, -0.25) is 0 Å². The van der Waals surface area contributed by atoms with Gasteiger partial charge in [-0.2, -0.15) is 0 Å². The van der Waals surface area contributed by atoms with Crippen LogP contribution in [0.1, 0.15) is 0 Å². The molecule has 1 aromatic carbocycles. The zero-order chi connectivity index (χ0) is 12.4. The molecule has 17 heavy (non-hydrogen) atoms. The van der Waals surface area contributed by atoms with Crippen LogP contribution >= 0.6 is 27.5 Å². The lowest BCUT2D eigenvalue weighted by Gasteiger charge is -2.07. The van der Waals surface area contributed by atoms with Crippen molar-refractivity contribution in [2.45, 2.75) is 0 Å². The van der Waals surface area contributed by atoms with E-state index in [1.807, 2.05) is 0 Å². The fourth-order valence-electron chi connectivity index (χ4n) is 1.14. The first kappa shape index (κ1) is 12.3. The number of ether oxygens (including phenoxy) is 1. The largest absolute Gasteiger partial charge is 0.435 e. The van der Waals surface area contributed by atoms with Gasteiger partial charge in [-0.15, -0.1) is 0 Å². The van der Waals surface area contributed by atoms with Crippen molar-refractivity contribution in [3.05, 3.63) is 51.6 Å². The second-order valence-electron chi connectivity index (χ2n) is 3.12. The van der Waals surface area contributed by atoms with E-state index in [0.29, 0.717) is 4.47 Å². The average Bonchev–Trinajstić information content (AvgIpc) is 2.27. The van der Waals surface area contributed by atoms with Gasteiger partial charge in [0.15, 0.2) is 5.82 Å². The monoisotopic (exact) mass is 319 g/mol. The molecule has 0 bridgehead atoms. The van der Waals surface area contributed by atoms with Crippen LogP contribution in [0.25, 0.3) is 0 Å². The maximum atomic E-state index is 13.4. The normalized spacial score (nSPS) is 10.4. The zero-order valence-electron chi connectivity index (χ0n) is 8.25. The number of hydrogen-bond acceptors (Lipinski definition) is 2. The van der Waals surface area contributed by atoms with Gasteiger partial charge >= 0.3 is 0 Å². The summed E-state index contributed by atoms with van der Waals surface area (Å²) in [7, 11) is 0. The van der Waals surface area contributed by atoms with Crippen molar-refractivity contribution >= 4 is 27.5 Å². The number of nitrogens with zero attached hydrogens (tertiary/aromatic N) is 1. The Bertz CT molecular complexity index is 565. The molecule has 6 heteroatoms. The second kappa shape index (κ2) is 4.98. The molecule has 0 aliphatic rings. The van der Waals surface area contributed by atoms with Crippen LogP contribution in [0.2, 0.25) is 5.02 Å². The van der Waals surface area contributed by atoms with Crippen molar-refractivity contribution in [1.29, 1.82) is 0 Å². The van der Waals surface area contributed by atoms with Crippen molar-refractivity contribution in [1.82, 2.24) is 4.98 Å². The summed E-state index contributed by atoms with van der Waals surface area (Å²) in [5, 5.41) is 0.160. The Hall–Kier alpha value is -1.20. The van der Waals surface area contributed by atoms with E-state index in [1.54, 1.807) is 0 Å². The minimum Gasteiger partial charge on any atom is -0.435 e. The summed E-state index contributed by atoms with van der Waals surface area (Å²) < 4.78 is 32.0. The highest BCUT2D eigenvalue weighted by atomic mass is 79.9. The molecule has 0 amide bonds. The molecular formula is C11H5BrClF2NO. The molecule has 88 valence electrons. The molecule has 2 aromatic rings. The van der Waals surface area contributed by atoms with Crippen molar-refractivity contribution in [3.63, 3.8) is 0 Å². The molecule has 0 saturated heterocycles. The number of pyridine rings is 1. The fraction of sp³-hybridized carbons (Fsp3) is 0. The highest BCUT2D eigenvalue weighted by Gasteiger charge is 2.10. The van der Waals surface area contributed by atoms with Crippen LogP contribution < -0.4 is 4.74 Å². The lowest BCUT2D eigenvalue weighted by Crippen LogP contribution is -1.93. The summed E-state index contributed by atoms with van der Waals surface area (Å²) in [5.41, 5.74) is 0. The van der Waals surface area contributed by atoms with Crippen molar-refractivity contribution in [2.75, 3.05) is 0 Å². The first-order chi connectivity index (χ1) is 8.06. The third kappa shape index (κ3) is 2.92. The summed E-state index contributed by atoms with van der Waals surface area (Å²) in [6.07, 6.45) is 1.24. The second-order valence-corrected chi connectivity index (χ2v) is 4.41. The van der Waals surface area contributed by atoms with Gasteiger partial charge in [0.1, 0.15) is 11.6 Å². The van der Waals surface area contributed by atoms with E-state index >= 15 is 0 Å². The molecule has 0 aliphatic heterocycles. The van der Waals surface area contributed by atoms with E-state index in [-0.39, 0.29) is 16.7 Å². The molecule has 0 N–H and O–H groups in total. The van der Waals surface area contributed by atoms with E-state index in [2.05, 4.69) is 20.9 Å². The third-order valence-corrected chi connectivity index (χ3v) is 2.74. The van der Waals surface area contributed by atoms with Crippen LogP contribution in [0.3, 0.4) is 0 Å². The summed E-state index contributed by atoms with van der Waals surface area (Å²) in [6.45, 7) is 0. The maximum absolute atomic E-state index is 13.4. The molecule has 0 fully saturated rings. The molecule has 0 atom stereocenters. The molecule has 0 spiro atoms. The van der Waals surface area contributed by atoms with E-state index in [1.165, 1.54) is 18.3 Å². The lowest BCUT2D eigenvalue weighted by atomic mass is 10.3. The van der Waals surface area contributed by atoms with Crippen molar-refractivity contribution in [2.24, 2.45) is 0 Å². The van der Waals surface area contributed by atoms with Crippen LogP contribution in [0, 0.1) is 11.6 Å². The van der Waals surface area contributed by atoms with Gasteiger partial charge in [0.05, 0.1) is 9.50 Å². The van der Waals surface area contributed by atoms with E-state index in [9.17, 15) is 8.78 Å². The van der Waals surface area contributed by atoms with Gasteiger partial charge in [-0.25, -0.2) is 13.8 Å². The number of hydrogen-bond donors (Lipinski definition) is 0. The zero-order valence-corrected chi connectivity index (χ0v) is 10.6. The molecule has 0 aliphatic carbocycles. The summed E-state index contributed by atoms with van der Waals surface area (Å²) in [6, 6.07) is 4.90. The summed E-state index contributed by atoms with van der Waals surface area (Å²) in [5.74, 6) is -1.33. The highest BCUT2D eigenvalue weighted by molar-refractivity contribution is 9.10. The minimum atomic E-state index is -0.714. The predicted octanol–water partition coefficient (Wildman–Crippen LogP) is 4.57. The Kier molecular flexibility index (Phi) is 3.59. The Morgan fingerprint density at radius 2 is 2.00 bits per heavy atom. The Morgan fingerprint density at radius 1 is 1.24 bits per heavy atom. The SMILES string of the molecule is Fc1ccc(Br)c(Oc2ncc(Cl)cc2F)c1. The van der Waals surface area contributed by atoms with Crippen molar-refractivity contribution < 1.29 is 13.5 Å². The Labute approximate surface area is 109 Å². The molecule has 1 heterocycles. The quantitative estimate of drug-likeness (QED) is 0.809. The van der Waals surface area contributed by atoms with Crippen LogP contribution in [0.4, 0.5) is 8.78 Å². The topological polar surface area (TPSA) is 22.1 Å². The van der Waals surface area contributed by atoms with Gasteiger partial charge in [0.25, 0.3) is 5.88 Å². The van der Waals surface area contributed by atoms with E-state index in [4.69, 9.17) is 16.3 Å². The highest BCUT2D eigenvalue weighted by Crippen LogP contribution is 2.31. The van der Waals surface area contributed by atoms with Gasteiger partial charge < -0.3 is 4.74 Å². The first-order valence-electron chi connectivity index (χ1n) is 4.50. The third-order valence-electron chi connectivity index (χ3n) is 1.87. The molecule has 2 rings (SSSR count). The molecule has 0 saturated carbocycles. The number of aromatic nitrogens is 1.